The Morgan fingerprint density at radius 1 is 1.05 bits per heavy atom. The Morgan fingerprint density at radius 3 is 2.32 bits per heavy atom. The maximum absolute atomic E-state index is 4.57. The number of rotatable bonds is 7. The van der Waals surface area contributed by atoms with Gasteiger partial charge in [-0.1, -0.05) is 39.0 Å². The SMILES string of the molecule is CCc1cccc(CC)c1Nc1nccc(NC(C)CC)n1. The van der Waals surface area contributed by atoms with Gasteiger partial charge in [-0.2, -0.15) is 4.98 Å². The largest absolute Gasteiger partial charge is 0.367 e. The van der Waals surface area contributed by atoms with Crippen LogP contribution < -0.4 is 10.6 Å². The van der Waals surface area contributed by atoms with Crippen molar-refractivity contribution in [3.05, 3.63) is 41.6 Å². The summed E-state index contributed by atoms with van der Waals surface area (Å²) in [6, 6.07) is 8.73. The fraction of sp³-hybridized carbons (Fsp3) is 0.444. The molecule has 0 saturated carbocycles. The van der Waals surface area contributed by atoms with E-state index < -0.39 is 0 Å². The molecule has 1 unspecified atom stereocenters. The number of nitrogens with one attached hydrogen (secondary N) is 2. The summed E-state index contributed by atoms with van der Waals surface area (Å²) in [5.74, 6) is 1.50. The van der Waals surface area contributed by atoms with Crippen molar-refractivity contribution in [2.45, 2.75) is 53.0 Å². The van der Waals surface area contributed by atoms with E-state index in [4.69, 9.17) is 0 Å². The zero-order valence-electron chi connectivity index (χ0n) is 14.0. The van der Waals surface area contributed by atoms with Crippen molar-refractivity contribution in [1.82, 2.24) is 9.97 Å². The summed E-state index contributed by atoms with van der Waals surface area (Å²) < 4.78 is 0. The molecule has 118 valence electrons. The fourth-order valence-electron chi connectivity index (χ4n) is 2.37. The molecule has 4 nitrogen and oxygen atoms in total. The minimum Gasteiger partial charge on any atom is -0.367 e. The van der Waals surface area contributed by atoms with E-state index in [1.807, 2.05) is 6.07 Å². The van der Waals surface area contributed by atoms with E-state index in [0.29, 0.717) is 12.0 Å². The molecule has 0 aliphatic carbocycles. The molecule has 1 atom stereocenters. The van der Waals surface area contributed by atoms with Crippen LogP contribution in [0.3, 0.4) is 0 Å². The molecule has 0 amide bonds. The van der Waals surface area contributed by atoms with Gasteiger partial charge in [0.25, 0.3) is 0 Å². The maximum atomic E-state index is 4.57. The maximum Gasteiger partial charge on any atom is 0.229 e. The Labute approximate surface area is 133 Å². The van der Waals surface area contributed by atoms with Crippen LogP contribution in [0.15, 0.2) is 30.5 Å². The van der Waals surface area contributed by atoms with Gasteiger partial charge >= 0.3 is 0 Å². The Kier molecular flexibility index (Phi) is 5.75. The number of aryl methyl sites for hydroxylation is 2. The van der Waals surface area contributed by atoms with Crippen LogP contribution in [0.4, 0.5) is 17.5 Å². The number of anilines is 3. The van der Waals surface area contributed by atoms with Crippen molar-refractivity contribution in [2.75, 3.05) is 10.6 Å². The third-order valence-electron chi connectivity index (χ3n) is 3.90. The molecule has 2 aromatic rings. The zero-order valence-corrected chi connectivity index (χ0v) is 14.0. The zero-order chi connectivity index (χ0) is 15.9. The van der Waals surface area contributed by atoms with Crippen LogP contribution in [-0.2, 0) is 12.8 Å². The molecule has 4 heteroatoms. The number of aromatic nitrogens is 2. The van der Waals surface area contributed by atoms with Crippen LogP contribution in [-0.4, -0.2) is 16.0 Å². The molecular weight excluding hydrogens is 272 g/mol. The van der Waals surface area contributed by atoms with Crippen LogP contribution in [0.5, 0.6) is 0 Å². The molecule has 0 fully saturated rings. The van der Waals surface area contributed by atoms with E-state index in [-0.39, 0.29) is 0 Å². The molecule has 0 aliphatic rings. The second-order valence-corrected chi connectivity index (χ2v) is 5.50. The highest BCUT2D eigenvalue weighted by Crippen LogP contribution is 2.25. The van der Waals surface area contributed by atoms with E-state index in [1.54, 1.807) is 6.20 Å². The Balaban J connectivity index is 2.26. The van der Waals surface area contributed by atoms with E-state index in [9.17, 15) is 0 Å². The summed E-state index contributed by atoms with van der Waals surface area (Å²) in [6.45, 7) is 8.64. The van der Waals surface area contributed by atoms with Crippen LogP contribution in [0, 0.1) is 0 Å². The van der Waals surface area contributed by atoms with E-state index in [2.05, 4.69) is 66.5 Å². The third kappa shape index (κ3) is 3.97. The second kappa shape index (κ2) is 7.78. The molecule has 0 spiro atoms. The van der Waals surface area contributed by atoms with Gasteiger partial charge in [0.2, 0.25) is 5.95 Å². The smallest absolute Gasteiger partial charge is 0.229 e. The number of benzene rings is 1. The quantitative estimate of drug-likeness (QED) is 0.787. The van der Waals surface area contributed by atoms with Crippen LogP contribution in [0.1, 0.15) is 45.2 Å². The summed E-state index contributed by atoms with van der Waals surface area (Å²) in [5.41, 5.74) is 3.74. The Bertz CT molecular complexity index is 588. The van der Waals surface area contributed by atoms with Crippen molar-refractivity contribution in [3.63, 3.8) is 0 Å². The van der Waals surface area contributed by atoms with E-state index in [1.165, 1.54) is 11.1 Å². The normalized spacial score (nSPS) is 12.0. The standard InChI is InChI=1S/C18H26N4/c1-5-13(4)20-16-11-12-19-18(21-16)22-17-14(6-2)9-8-10-15(17)7-3/h8-13H,5-7H2,1-4H3,(H2,19,20,21,22). The van der Waals surface area contributed by atoms with Gasteiger partial charge in [0.15, 0.2) is 0 Å². The fourth-order valence-corrected chi connectivity index (χ4v) is 2.37. The van der Waals surface area contributed by atoms with Crippen molar-refractivity contribution in [1.29, 1.82) is 0 Å². The lowest BCUT2D eigenvalue weighted by molar-refractivity contribution is 0.758. The van der Waals surface area contributed by atoms with Gasteiger partial charge in [-0.25, -0.2) is 4.98 Å². The van der Waals surface area contributed by atoms with Gasteiger partial charge in [0, 0.05) is 17.9 Å². The molecule has 2 rings (SSSR count). The number of hydrogen-bond acceptors (Lipinski definition) is 4. The molecule has 1 aromatic heterocycles. The van der Waals surface area contributed by atoms with Crippen molar-refractivity contribution < 1.29 is 0 Å². The van der Waals surface area contributed by atoms with Gasteiger partial charge < -0.3 is 10.6 Å². The monoisotopic (exact) mass is 298 g/mol. The molecule has 0 saturated heterocycles. The predicted molar refractivity (Wildman–Crippen MR) is 93.9 cm³/mol. The van der Waals surface area contributed by atoms with Gasteiger partial charge in [0.05, 0.1) is 0 Å². The third-order valence-corrected chi connectivity index (χ3v) is 3.90. The average molecular weight is 298 g/mol. The molecule has 0 bridgehead atoms. The minimum absolute atomic E-state index is 0.400. The highest BCUT2D eigenvalue weighted by molar-refractivity contribution is 5.64. The van der Waals surface area contributed by atoms with E-state index >= 15 is 0 Å². The highest BCUT2D eigenvalue weighted by Gasteiger charge is 2.09. The molecule has 1 heterocycles. The molecule has 2 N–H and O–H groups in total. The highest BCUT2D eigenvalue weighted by atomic mass is 15.1. The van der Waals surface area contributed by atoms with Gasteiger partial charge in [-0.3, -0.25) is 0 Å². The second-order valence-electron chi connectivity index (χ2n) is 5.50. The first-order valence-electron chi connectivity index (χ1n) is 8.15. The topological polar surface area (TPSA) is 49.8 Å². The lowest BCUT2D eigenvalue weighted by Gasteiger charge is -2.16. The first-order valence-corrected chi connectivity index (χ1v) is 8.15. The summed E-state index contributed by atoms with van der Waals surface area (Å²) in [7, 11) is 0. The lowest BCUT2D eigenvalue weighted by Crippen LogP contribution is -2.15. The summed E-state index contributed by atoms with van der Waals surface area (Å²) in [4.78, 5) is 8.93. The van der Waals surface area contributed by atoms with Crippen molar-refractivity contribution in [2.24, 2.45) is 0 Å². The van der Waals surface area contributed by atoms with Crippen molar-refractivity contribution in [3.8, 4) is 0 Å². The van der Waals surface area contributed by atoms with Crippen LogP contribution in [0.25, 0.3) is 0 Å². The van der Waals surface area contributed by atoms with Crippen LogP contribution in [0.2, 0.25) is 0 Å². The van der Waals surface area contributed by atoms with Gasteiger partial charge in [0.1, 0.15) is 5.82 Å². The summed E-state index contributed by atoms with van der Waals surface area (Å²) in [5, 5.41) is 6.80. The summed E-state index contributed by atoms with van der Waals surface area (Å²) >= 11 is 0. The van der Waals surface area contributed by atoms with E-state index in [0.717, 1.165) is 30.8 Å². The van der Waals surface area contributed by atoms with Crippen LogP contribution >= 0.6 is 0 Å². The Hall–Kier alpha value is -2.10. The average Bonchev–Trinajstić information content (AvgIpc) is 2.55. The van der Waals surface area contributed by atoms with Gasteiger partial charge in [-0.15, -0.1) is 0 Å². The molecule has 0 radical (unpaired) electrons. The first-order chi connectivity index (χ1) is 10.7. The number of para-hydroxylation sites is 1. The molecule has 0 aliphatic heterocycles. The Morgan fingerprint density at radius 2 is 1.73 bits per heavy atom. The van der Waals surface area contributed by atoms with Gasteiger partial charge in [-0.05, 0) is 43.4 Å². The minimum atomic E-state index is 0.400. The number of nitrogens with zero attached hydrogens (tertiary/aromatic N) is 2. The summed E-state index contributed by atoms with van der Waals surface area (Å²) in [6.07, 6.45) is 4.83. The molecule has 22 heavy (non-hydrogen) atoms. The molecule has 1 aromatic carbocycles. The lowest BCUT2D eigenvalue weighted by atomic mass is 10.0. The van der Waals surface area contributed by atoms with Crippen molar-refractivity contribution >= 4 is 17.5 Å². The number of hydrogen-bond donors (Lipinski definition) is 2. The predicted octanol–water partition coefficient (Wildman–Crippen LogP) is 4.56. The first kappa shape index (κ1) is 16.3. The molecular formula is C18H26N4.